The third kappa shape index (κ3) is 4.27. The van der Waals surface area contributed by atoms with Crippen LogP contribution in [0.3, 0.4) is 0 Å². The number of aromatic carboxylic acids is 1. The summed E-state index contributed by atoms with van der Waals surface area (Å²) in [6.07, 6.45) is 0. The number of carboxylic acids is 1. The topological polar surface area (TPSA) is 102 Å². The molecule has 3 aromatic carbocycles. The molecule has 2 amide bonds. The summed E-state index contributed by atoms with van der Waals surface area (Å²) in [6.45, 7) is 1.61. The highest BCUT2D eigenvalue weighted by atomic mass is 35.5. The van der Waals surface area contributed by atoms with Crippen molar-refractivity contribution in [1.82, 2.24) is 9.36 Å². The van der Waals surface area contributed by atoms with Gasteiger partial charge < -0.3 is 5.11 Å². The highest BCUT2D eigenvalue weighted by Gasteiger charge is 2.34. The van der Waals surface area contributed by atoms with Gasteiger partial charge in [-0.2, -0.15) is 0 Å². The Hall–Kier alpha value is -4.43. The van der Waals surface area contributed by atoms with Gasteiger partial charge in [0, 0.05) is 17.6 Å². The summed E-state index contributed by atoms with van der Waals surface area (Å²) in [5, 5.41) is 10.0. The molecule has 0 aliphatic carbocycles. The maximum atomic E-state index is 13.8. The van der Waals surface area contributed by atoms with Gasteiger partial charge in [0.05, 0.1) is 22.5 Å². The van der Waals surface area contributed by atoms with Crippen molar-refractivity contribution in [3.8, 4) is 5.69 Å². The Morgan fingerprint density at radius 2 is 1.40 bits per heavy atom. The second kappa shape index (κ2) is 9.44. The highest BCUT2D eigenvalue weighted by molar-refractivity contribution is 6.31. The van der Waals surface area contributed by atoms with Crippen molar-refractivity contribution < 1.29 is 19.5 Å². The fourth-order valence-electron chi connectivity index (χ4n) is 3.81. The standard InChI is InChI=1S/C26H20ClN3O5/c1-16-22(25(33)30(28(16)2)19-8-4-3-5-9-19)29(23(31)17-12-14-18(27)15-13-17)24(32)20-10-6-7-11-21(20)26(34)35/h3-15H,1-2H3,(H,34,35). The van der Waals surface area contributed by atoms with Crippen LogP contribution >= 0.6 is 11.6 Å². The molecule has 0 aliphatic rings. The lowest BCUT2D eigenvalue weighted by Gasteiger charge is -2.21. The predicted molar refractivity (Wildman–Crippen MR) is 132 cm³/mol. The second-order valence-corrected chi connectivity index (χ2v) is 8.15. The summed E-state index contributed by atoms with van der Waals surface area (Å²) in [5.74, 6) is -3.06. The number of anilines is 1. The van der Waals surface area contributed by atoms with Crippen LogP contribution in [0.15, 0.2) is 83.7 Å². The molecule has 1 N–H and O–H groups in total. The average molecular weight is 490 g/mol. The molecule has 0 bridgehead atoms. The Bertz CT molecular complexity index is 1500. The van der Waals surface area contributed by atoms with E-state index in [1.165, 1.54) is 57.9 Å². The predicted octanol–water partition coefficient (Wildman–Crippen LogP) is 4.32. The van der Waals surface area contributed by atoms with Crippen molar-refractivity contribution in [3.63, 3.8) is 0 Å². The molecule has 4 aromatic rings. The first-order valence-electron chi connectivity index (χ1n) is 10.5. The van der Waals surface area contributed by atoms with E-state index >= 15 is 0 Å². The third-order valence-electron chi connectivity index (χ3n) is 5.63. The Balaban J connectivity index is 1.97. The average Bonchev–Trinajstić information content (AvgIpc) is 3.08. The largest absolute Gasteiger partial charge is 0.478 e. The Morgan fingerprint density at radius 1 is 0.829 bits per heavy atom. The number of imide groups is 1. The van der Waals surface area contributed by atoms with E-state index < -0.39 is 23.3 Å². The third-order valence-corrected chi connectivity index (χ3v) is 5.88. The van der Waals surface area contributed by atoms with Crippen LogP contribution in [-0.2, 0) is 7.05 Å². The maximum absolute atomic E-state index is 13.8. The molecular weight excluding hydrogens is 470 g/mol. The first kappa shape index (κ1) is 23.7. The molecule has 1 heterocycles. The van der Waals surface area contributed by atoms with Gasteiger partial charge in [-0.3, -0.25) is 19.1 Å². The lowest BCUT2D eigenvalue weighted by Crippen LogP contribution is -2.41. The summed E-state index contributed by atoms with van der Waals surface area (Å²) in [6, 6.07) is 20.1. The molecule has 0 saturated carbocycles. The van der Waals surface area contributed by atoms with Gasteiger partial charge in [-0.15, -0.1) is 0 Å². The monoisotopic (exact) mass is 489 g/mol. The molecular formula is C26H20ClN3O5. The Labute approximate surface area is 205 Å². The van der Waals surface area contributed by atoms with Crippen LogP contribution in [-0.4, -0.2) is 32.3 Å². The van der Waals surface area contributed by atoms with Gasteiger partial charge in [0.1, 0.15) is 5.69 Å². The van der Waals surface area contributed by atoms with Crippen LogP contribution in [0.1, 0.15) is 36.8 Å². The number of benzene rings is 3. The SMILES string of the molecule is Cc1c(N(C(=O)c2ccc(Cl)cc2)C(=O)c2ccccc2C(=O)O)c(=O)n(-c2ccccc2)n1C. The van der Waals surface area contributed by atoms with Gasteiger partial charge in [0.25, 0.3) is 17.4 Å². The number of aromatic nitrogens is 2. The lowest BCUT2D eigenvalue weighted by molar-refractivity contribution is 0.0690. The molecule has 35 heavy (non-hydrogen) atoms. The number of rotatable bonds is 5. The zero-order valence-corrected chi connectivity index (χ0v) is 19.6. The van der Waals surface area contributed by atoms with Crippen LogP contribution in [0.4, 0.5) is 5.69 Å². The van der Waals surface area contributed by atoms with Crippen molar-refractivity contribution >= 4 is 35.1 Å². The van der Waals surface area contributed by atoms with E-state index in [-0.39, 0.29) is 22.4 Å². The van der Waals surface area contributed by atoms with E-state index in [4.69, 9.17) is 11.6 Å². The van der Waals surface area contributed by atoms with Crippen molar-refractivity contribution in [2.24, 2.45) is 7.05 Å². The van der Waals surface area contributed by atoms with Gasteiger partial charge in [-0.05, 0) is 55.5 Å². The molecule has 0 unspecified atom stereocenters. The number of hydrogen-bond acceptors (Lipinski definition) is 4. The molecule has 176 valence electrons. The van der Waals surface area contributed by atoms with E-state index in [1.807, 2.05) is 0 Å². The van der Waals surface area contributed by atoms with Gasteiger partial charge in [0.15, 0.2) is 0 Å². The zero-order valence-electron chi connectivity index (χ0n) is 18.8. The normalized spacial score (nSPS) is 10.7. The number of hydrogen-bond donors (Lipinski definition) is 1. The van der Waals surface area contributed by atoms with Crippen molar-refractivity contribution in [3.05, 3.63) is 117 Å². The minimum absolute atomic E-state index is 0.101. The van der Waals surface area contributed by atoms with Crippen molar-refractivity contribution in [2.75, 3.05) is 4.90 Å². The first-order chi connectivity index (χ1) is 16.7. The van der Waals surface area contributed by atoms with Gasteiger partial charge >= 0.3 is 5.97 Å². The number of carbonyl (C=O) groups is 3. The molecule has 0 saturated heterocycles. The van der Waals surface area contributed by atoms with Gasteiger partial charge in [-0.1, -0.05) is 41.9 Å². The number of amides is 2. The number of nitrogens with zero attached hydrogens (tertiary/aromatic N) is 3. The molecule has 0 spiro atoms. The van der Waals surface area contributed by atoms with E-state index in [2.05, 4.69) is 0 Å². The molecule has 1 aromatic heterocycles. The van der Waals surface area contributed by atoms with Crippen LogP contribution in [0, 0.1) is 6.92 Å². The molecule has 0 fully saturated rings. The molecule has 0 radical (unpaired) electrons. The Morgan fingerprint density at radius 3 is 2.00 bits per heavy atom. The first-order valence-corrected chi connectivity index (χ1v) is 10.9. The number of halogens is 1. The minimum atomic E-state index is -1.33. The van der Waals surface area contributed by atoms with Gasteiger partial charge in [0.2, 0.25) is 0 Å². The fourth-order valence-corrected chi connectivity index (χ4v) is 3.93. The van der Waals surface area contributed by atoms with Crippen LogP contribution in [0.25, 0.3) is 5.69 Å². The molecule has 9 heteroatoms. The smallest absolute Gasteiger partial charge is 0.336 e. The van der Waals surface area contributed by atoms with E-state index in [1.54, 1.807) is 44.3 Å². The van der Waals surface area contributed by atoms with Crippen LogP contribution in [0.2, 0.25) is 5.02 Å². The Kier molecular flexibility index (Phi) is 6.40. The highest BCUT2D eigenvalue weighted by Crippen LogP contribution is 2.25. The second-order valence-electron chi connectivity index (χ2n) is 7.71. The summed E-state index contributed by atoms with van der Waals surface area (Å²) in [5.41, 5.74) is -0.334. The summed E-state index contributed by atoms with van der Waals surface area (Å²) < 4.78 is 2.87. The zero-order chi connectivity index (χ0) is 25.3. The van der Waals surface area contributed by atoms with E-state index in [0.717, 1.165) is 4.90 Å². The maximum Gasteiger partial charge on any atom is 0.336 e. The number of carboxylic acid groups (broad SMARTS) is 1. The van der Waals surface area contributed by atoms with E-state index in [9.17, 15) is 24.3 Å². The van der Waals surface area contributed by atoms with Crippen molar-refractivity contribution in [2.45, 2.75) is 6.92 Å². The minimum Gasteiger partial charge on any atom is -0.478 e. The fraction of sp³-hybridized carbons (Fsp3) is 0.0769. The lowest BCUT2D eigenvalue weighted by atomic mass is 10.0. The van der Waals surface area contributed by atoms with Crippen LogP contribution < -0.4 is 10.5 Å². The molecule has 0 atom stereocenters. The molecule has 8 nitrogen and oxygen atoms in total. The number of para-hydroxylation sites is 1. The molecule has 0 aliphatic heterocycles. The summed E-state index contributed by atoms with van der Waals surface area (Å²) >= 11 is 5.96. The van der Waals surface area contributed by atoms with Crippen molar-refractivity contribution in [1.29, 1.82) is 0 Å². The molecule has 4 rings (SSSR count). The summed E-state index contributed by atoms with van der Waals surface area (Å²) in [7, 11) is 1.63. The van der Waals surface area contributed by atoms with Crippen LogP contribution in [0.5, 0.6) is 0 Å². The quantitative estimate of drug-likeness (QED) is 0.420. The number of carbonyl (C=O) groups excluding carboxylic acids is 2. The van der Waals surface area contributed by atoms with Gasteiger partial charge in [-0.25, -0.2) is 14.4 Å². The van der Waals surface area contributed by atoms with E-state index in [0.29, 0.717) is 16.4 Å². The summed E-state index contributed by atoms with van der Waals surface area (Å²) in [4.78, 5) is 53.6.